The van der Waals surface area contributed by atoms with Gasteiger partial charge in [0.2, 0.25) is 5.91 Å². The summed E-state index contributed by atoms with van der Waals surface area (Å²) >= 11 is 0. The van der Waals surface area contributed by atoms with Crippen molar-refractivity contribution in [2.45, 2.75) is 51.7 Å². The first-order valence-electron chi connectivity index (χ1n) is 11.9. The highest BCUT2D eigenvalue weighted by Crippen LogP contribution is 2.47. The molecule has 7 nitrogen and oxygen atoms in total. The lowest BCUT2D eigenvalue weighted by molar-refractivity contribution is -0.134. The Morgan fingerprint density at radius 2 is 1.94 bits per heavy atom. The molecule has 5 unspecified atom stereocenters. The molecule has 0 spiro atoms. The maximum absolute atomic E-state index is 13.5. The van der Waals surface area contributed by atoms with Gasteiger partial charge in [-0.15, -0.1) is 0 Å². The molecule has 0 saturated carbocycles. The van der Waals surface area contributed by atoms with Gasteiger partial charge in [0.05, 0.1) is 14.2 Å². The van der Waals surface area contributed by atoms with Gasteiger partial charge in [0.15, 0.2) is 0 Å². The zero-order chi connectivity index (χ0) is 23.7. The van der Waals surface area contributed by atoms with E-state index in [4.69, 9.17) is 9.47 Å². The monoisotopic (exact) mass is 456 g/mol. The number of likely N-dealkylation sites (tertiary alicyclic amines) is 1. The third-order valence-corrected chi connectivity index (χ3v) is 7.14. The van der Waals surface area contributed by atoms with E-state index >= 15 is 0 Å². The van der Waals surface area contributed by atoms with E-state index in [1.807, 2.05) is 4.90 Å². The Balaban J connectivity index is 1.69. The molecule has 1 amide bonds. The number of rotatable bonds is 6. The summed E-state index contributed by atoms with van der Waals surface area (Å²) in [4.78, 5) is 15.5. The first kappa shape index (κ1) is 23.5. The van der Waals surface area contributed by atoms with E-state index < -0.39 is 6.23 Å². The Morgan fingerprint density at radius 3 is 2.61 bits per heavy atom. The molecule has 2 saturated heterocycles. The molecule has 5 atom stereocenters. The number of aromatic hydroxyl groups is 1. The molecule has 0 bridgehead atoms. The number of benzene rings is 1. The van der Waals surface area contributed by atoms with Crippen molar-refractivity contribution < 1.29 is 24.5 Å². The van der Waals surface area contributed by atoms with E-state index in [1.54, 1.807) is 26.4 Å². The molecule has 0 radical (unpaired) electrons. The van der Waals surface area contributed by atoms with Crippen LogP contribution in [0.3, 0.4) is 0 Å². The van der Waals surface area contributed by atoms with Crippen LogP contribution in [0, 0.1) is 17.8 Å². The van der Waals surface area contributed by atoms with Gasteiger partial charge in [0.1, 0.15) is 23.5 Å². The molecule has 3 N–H and O–H groups in total. The van der Waals surface area contributed by atoms with Crippen molar-refractivity contribution in [3.8, 4) is 17.2 Å². The number of nitrogens with zero attached hydrogens (tertiary/aromatic N) is 1. The zero-order valence-electron chi connectivity index (χ0n) is 20.0. The number of phenolic OH excluding ortho intramolecular Hbond substituents is 1. The number of allylic oxidation sites excluding steroid dienone is 3. The Kier molecular flexibility index (Phi) is 6.88. The fourth-order valence-electron chi connectivity index (χ4n) is 5.75. The van der Waals surface area contributed by atoms with Crippen molar-refractivity contribution in [2.24, 2.45) is 17.8 Å². The van der Waals surface area contributed by atoms with Crippen LogP contribution in [0.5, 0.6) is 17.2 Å². The average Bonchev–Trinajstić information content (AvgIpc) is 3.15. The first-order chi connectivity index (χ1) is 15.8. The molecule has 2 aliphatic heterocycles. The number of carbonyl (C=O) groups excluding carboxylic acids is 1. The summed E-state index contributed by atoms with van der Waals surface area (Å²) in [5.41, 5.74) is 2.66. The number of hydrogen-bond acceptors (Lipinski definition) is 6. The summed E-state index contributed by atoms with van der Waals surface area (Å²) in [7, 11) is 3.11. The highest BCUT2D eigenvalue weighted by molar-refractivity contribution is 5.78. The van der Waals surface area contributed by atoms with Gasteiger partial charge in [-0.2, -0.15) is 0 Å². The van der Waals surface area contributed by atoms with Crippen LogP contribution in [0.2, 0.25) is 0 Å². The maximum atomic E-state index is 13.5. The highest BCUT2D eigenvalue weighted by atomic mass is 16.5. The van der Waals surface area contributed by atoms with Crippen molar-refractivity contribution in [1.82, 2.24) is 10.2 Å². The third-order valence-electron chi connectivity index (χ3n) is 7.14. The Labute approximate surface area is 196 Å². The number of aliphatic hydroxyl groups excluding tert-OH is 1. The number of fused-ring (bicyclic) bond motifs is 1. The number of piperidine rings is 1. The van der Waals surface area contributed by atoms with Crippen LogP contribution in [0.4, 0.5) is 0 Å². The van der Waals surface area contributed by atoms with Crippen molar-refractivity contribution in [1.29, 1.82) is 0 Å². The topological polar surface area (TPSA) is 91.3 Å². The van der Waals surface area contributed by atoms with Crippen molar-refractivity contribution in [2.75, 3.05) is 27.3 Å². The van der Waals surface area contributed by atoms with Crippen LogP contribution in [0.15, 0.2) is 35.6 Å². The fourth-order valence-corrected chi connectivity index (χ4v) is 5.75. The van der Waals surface area contributed by atoms with Gasteiger partial charge >= 0.3 is 0 Å². The van der Waals surface area contributed by atoms with Crippen LogP contribution in [-0.4, -0.2) is 54.6 Å². The second kappa shape index (κ2) is 9.67. The minimum absolute atomic E-state index is 0.00682. The van der Waals surface area contributed by atoms with Crippen LogP contribution >= 0.6 is 0 Å². The quantitative estimate of drug-likeness (QED) is 0.607. The van der Waals surface area contributed by atoms with E-state index in [1.165, 1.54) is 0 Å². The molecule has 33 heavy (non-hydrogen) atoms. The molecule has 0 aromatic heterocycles. The average molecular weight is 457 g/mol. The maximum Gasteiger partial charge on any atom is 0.223 e. The molecule has 180 valence electrons. The van der Waals surface area contributed by atoms with Crippen molar-refractivity contribution in [3.63, 3.8) is 0 Å². The van der Waals surface area contributed by atoms with Gasteiger partial charge in [-0.25, -0.2) is 0 Å². The number of phenols is 1. The van der Waals surface area contributed by atoms with Gasteiger partial charge in [-0.1, -0.05) is 26.0 Å². The normalized spacial score (nSPS) is 27.7. The Morgan fingerprint density at radius 1 is 1.21 bits per heavy atom. The number of amides is 1. The minimum Gasteiger partial charge on any atom is -0.507 e. The van der Waals surface area contributed by atoms with Crippen LogP contribution in [-0.2, 0) is 4.79 Å². The summed E-state index contributed by atoms with van der Waals surface area (Å²) in [5, 5.41) is 24.1. The van der Waals surface area contributed by atoms with Crippen molar-refractivity contribution in [3.05, 3.63) is 41.1 Å². The van der Waals surface area contributed by atoms with E-state index in [2.05, 4.69) is 31.3 Å². The lowest BCUT2D eigenvalue weighted by Crippen LogP contribution is -2.43. The van der Waals surface area contributed by atoms with Gasteiger partial charge in [0.25, 0.3) is 0 Å². The molecule has 4 rings (SSSR count). The molecule has 2 fully saturated rings. The van der Waals surface area contributed by atoms with Crippen molar-refractivity contribution >= 4 is 5.91 Å². The fraction of sp³-hybridized carbons (Fsp3) is 0.577. The smallest absolute Gasteiger partial charge is 0.223 e. The lowest BCUT2D eigenvalue weighted by Gasteiger charge is -2.37. The summed E-state index contributed by atoms with van der Waals surface area (Å²) in [5.74, 6) is 1.88. The largest absolute Gasteiger partial charge is 0.507 e. The van der Waals surface area contributed by atoms with E-state index in [-0.39, 0.29) is 29.9 Å². The van der Waals surface area contributed by atoms with Crippen LogP contribution < -0.4 is 14.8 Å². The van der Waals surface area contributed by atoms with E-state index in [0.717, 1.165) is 30.8 Å². The van der Waals surface area contributed by atoms with E-state index in [0.29, 0.717) is 41.7 Å². The molecular weight excluding hydrogens is 420 g/mol. The molecule has 1 aromatic carbocycles. The number of nitrogens with one attached hydrogen (secondary N) is 1. The molecule has 3 aliphatic rings. The first-order valence-corrected chi connectivity index (χ1v) is 11.9. The lowest BCUT2D eigenvalue weighted by atomic mass is 9.77. The predicted molar refractivity (Wildman–Crippen MR) is 126 cm³/mol. The van der Waals surface area contributed by atoms with Gasteiger partial charge in [0, 0.05) is 55.2 Å². The second-order valence-corrected chi connectivity index (χ2v) is 9.89. The van der Waals surface area contributed by atoms with Gasteiger partial charge in [-0.3, -0.25) is 4.79 Å². The summed E-state index contributed by atoms with van der Waals surface area (Å²) in [6.45, 7) is 5.94. The standard InChI is InChI=1S/C26H36N2O5/c1-15-7-16(2)14-28(13-15)25(31)12-20(17-5-6-21-18(8-17)9-24(30)27-21)26-22(29)10-19(32-3)11-23(26)33-4/h6,8,10-11,15-17,20,24,27,29-30H,5,7,9,12-14H2,1-4H3. The SMILES string of the molecule is COc1cc(O)c(C(CC(=O)N2CC(C)CC(C)C2)C2C=C3CC(O)NC3=CC2)c(OC)c1. The second-order valence-electron chi connectivity index (χ2n) is 9.89. The van der Waals surface area contributed by atoms with Crippen LogP contribution in [0.1, 0.15) is 51.0 Å². The Hall–Kier alpha value is -2.67. The summed E-state index contributed by atoms with van der Waals surface area (Å²) < 4.78 is 11.0. The van der Waals surface area contributed by atoms with Crippen LogP contribution in [0.25, 0.3) is 0 Å². The number of hydrogen-bond donors (Lipinski definition) is 3. The molecule has 1 aliphatic carbocycles. The third kappa shape index (κ3) is 4.98. The number of methoxy groups -OCH3 is 2. The number of aliphatic hydroxyl groups is 1. The number of carbonyl (C=O) groups is 1. The number of ether oxygens (including phenoxy) is 2. The molecule has 7 heteroatoms. The zero-order valence-corrected chi connectivity index (χ0v) is 20.0. The minimum atomic E-state index is -0.582. The summed E-state index contributed by atoms with van der Waals surface area (Å²) in [6, 6.07) is 3.34. The molecule has 2 heterocycles. The Bertz CT molecular complexity index is 946. The van der Waals surface area contributed by atoms with Gasteiger partial charge < -0.3 is 29.9 Å². The predicted octanol–water partition coefficient (Wildman–Crippen LogP) is 3.53. The van der Waals surface area contributed by atoms with Gasteiger partial charge in [-0.05, 0) is 36.2 Å². The van der Waals surface area contributed by atoms with E-state index in [9.17, 15) is 15.0 Å². The highest BCUT2D eigenvalue weighted by Gasteiger charge is 2.35. The molecular formula is C26H36N2O5. The molecule has 1 aromatic rings. The summed E-state index contributed by atoms with van der Waals surface area (Å²) in [6.07, 6.45) is 6.32.